The van der Waals surface area contributed by atoms with E-state index in [2.05, 4.69) is 19.1 Å². The number of rotatable bonds is 7. The van der Waals surface area contributed by atoms with Crippen molar-refractivity contribution in [1.29, 1.82) is 0 Å². The van der Waals surface area contributed by atoms with E-state index in [4.69, 9.17) is 0 Å². The smallest absolute Gasteiger partial charge is 0.170 e. The Morgan fingerprint density at radius 1 is 0.848 bits per heavy atom. The van der Waals surface area contributed by atoms with Gasteiger partial charge >= 0.3 is 0 Å². The second kappa shape index (κ2) is 10.6. The number of halogens is 3. The number of allylic oxidation sites excluding steroid dienone is 1. The van der Waals surface area contributed by atoms with Crippen molar-refractivity contribution in [3.63, 3.8) is 0 Å². The molecular formula is C30H33F3. The lowest BCUT2D eigenvalue weighted by molar-refractivity contribution is 0.303. The van der Waals surface area contributed by atoms with Crippen LogP contribution in [0, 0.1) is 23.4 Å². The summed E-state index contributed by atoms with van der Waals surface area (Å²) in [4.78, 5) is 0. The molecule has 3 aromatic rings. The van der Waals surface area contributed by atoms with Crippen molar-refractivity contribution in [2.24, 2.45) is 5.92 Å². The highest BCUT2D eigenvalue weighted by Crippen LogP contribution is 2.39. The van der Waals surface area contributed by atoms with Crippen LogP contribution in [0.3, 0.4) is 0 Å². The van der Waals surface area contributed by atoms with Crippen molar-refractivity contribution in [2.75, 3.05) is 0 Å². The summed E-state index contributed by atoms with van der Waals surface area (Å²) in [5, 5.41) is 0.0688. The van der Waals surface area contributed by atoms with Gasteiger partial charge in [-0.3, -0.25) is 0 Å². The van der Waals surface area contributed by atoms with E-state index in [1.54, 1.807) is 25.1 Å². The zero-order valence-corrected chi connectivity index (χ0v) is 19.6. The van der Waals surface area contributed by atoms with E-state index in [-0.39, 0.29) is 10.9 Å². The van der Waals surface area contributed by atoms with E-state index in [0.29, 0.717) is 22.4 Å². The molecule has 174 valence electrons. The second-order valence-electron chi connectivity index (χ2n) is 9.45. The predicted molar refractivity (Wildman–Crippen MR) is 133 cm³/mol. The van der Waals surface area contributed by atoms with Crippen LogP contribution in [-0.4, -0.2) is 0 Å². The number of hydrogen-bond donors (Lipinski definition) is 0. The molecule has 0 bridgehead atoms. The van der Waals surface area contributed by atoms with Crippen LogP contribution in [0.1, 0.15) is 82.3 Å². The van der Waals surface area contributed by atoms with E-state index in [1.165, 1.54) is 69.1 Å². The Hall–Kier alpha value is -2.55. The van der Waals surface area contributed by atoms with Gasteiger partial charge < -0.3 is 0 Å². The fourth-order valence-corrected chi connectivity index (χ4v) is 5.33. The first kappa shape index (κ1) is 23.6. The van der Waals surface area contributed by atoms with Crippen LogP contribution in [0.25, 0.3) is 28.0 Å². The fourth-order valence-electron chi connectivity index (χ4n) is 5.33. The van der Waals surface area contributed by atoms with Gasteiger partial charge in [-0.25, -0.2) is 13.2 Å². The molecule has 0 aromatic heterocycles. The van der Waals surface area contributed by atoms with Crippen LogP contribution in [0.4, 0.5) is 13.2 Å². The number of fused-ring (bicyclic) bond motifs is 1. The number of hydrogen-bond acceptors (Lipinski definition) is 0. The third-order valence-electron chi connectivity index (χ3n) is 7.25. The molecule has 1 aliphatic rings. The van der Waals surface area contributed by atoms with Crippen LogP contribution in [0.15, 0.2) is 48.5 Å². The molecule has 0 spiro atoms. The summed E-state index contributed by atoms with van der Waals surface area (Å²) in [7, 11) is 0. The molecule has 0 amide bonds. The standard InChI is InChI=1S/C30H33F3/c1-3-5-6-8-20-9-11-21(12-10-20)22-13-15-23(16-14-22)26-18-17-24-19-25(7-4-2)28(31)30(33)27(24)29(26)32/h4,7,13-21H,3,5-6,8-12H2,1-2H3/b7-4+. The quantitative estimate of drug-likeness (QED) is 0.314. The van der Waals surface area contributed by atoms with Crippen LogP contribution in [0.2, 0.25) is 0 Å². The first-order valence-corrected chi connectivity index (χ1v) is 12.4. The van der Waals surface area contributed by atoms with Crippen molar-refractivity contribution >= 4 is 16.8 Å². The molecule has 0 aliphatic heterocycles. The SMILES string of the molecule is C/C=C/c1cc2ccc(-c3ccc(C4CCC(CCCCC)CC4)cc3)c(F)c2c(F)c1F. The maximum absolute atomic E-state index is 15.3. The summed E-state index contributed by atoms with van der Waals surface area (Å²) in [6.07, 6.45) is 13.4. The zero-order valence-electron chi connectivity index (χ0n) is 19.6. The van der Waals surface area contributed by atoms with E-state index >= 15 is 4.39 Å². The normalized spacial score (nSPS) is 18.9. The molecule has 33 heavy (non-hydrogen) atoms. The first-order valence-electron chi connectivity index (χ1n) is 12.4. The van der Waals surface area contributed by atoms with Crippen molar-refractivity contribution in [1.82, 2.24) is 0 Å². The summed E-state index contributed by atoms with van der Waals surface area (Å²) in [5.41, 5.74) is 2.40. The Bertz CT molecular complexity index is 1120. The molecule has 3 heteroatoms. The first-order chi connectivity index (χ1) is 16.0. The monoisotopic (exact) mass is 450 g/mol. The Kier molecular flexibility index (Phi) is 7.57. The van der Waals surface area contributed by atoms with Gasteiger partial charge in [-0.05, 0) is 67.0 Å². The van der Waals surface area contributed by atoms with Gasteiger partial charge in [0.25, 0.3) is 0 Å². The Morgan fingerprint density at radius 3 is 2.24 bits per heavy atom. The van der Waals surface area contributed by atoms with Gasteiger partial charge in [-0.15, -0.1) is 0 Å². The summed E-state index contributed by atoms with van der Waals surface area (Å²) in [6, 6.07) is 12.8. The minimum absolute atomic E-state index is 0.124. The van der Waals surface area contributed by atoms with Gasteiger partial charge in [0, 0.05) is 11.1 Å². The average Bonchev–Trinajstić information content (AvgIpc) is 2.83. The lowest BCUT2D eigenvalue weighted by atomic mass is 9.77. The minimum Gasteiger partial charge on any atom is -0.206 e. The topological polar surface area (TPSA) is 0 Å². The average molecular weight is 451 g/mol. The molecule has 4 rings (SSSR count). The molecule has 0 nitrogen and oxygen atoms in total. The molecule has 0 radical (unpaired) electrons. The molecule has 3 aromatic carbocycles. The van der Waals surface area contributed by atoms with Gasteiger partial charge in [-0.2, -0.15) is 0 Å². The Balaban J connectivity index is 1.53. The van der Waals surface area contributed by atoms with Gasteiger partial charge in [0.05, 0.1) is 5.39 Å². The summed E-state index contributed by atoms with van der Waals surface area (Å²) >= 11 is 0. The zero-order chi connectivity index (χ0) is 23.4. The fraction of sp³-hybridized carbons (Fsp3) is 0.400. The Labute approximate surface area is 195 Å². The molecule has 1 fully saturated rings. The van der Waals surface area contributed by atoms with Crippen molar-refractivity contribution in [3.05, 3.63) is 77.1 Å². The second-order valence-corrected chi connectivity index (χ2v) is 9.45. The van der Waals surface area contributed by atoms with Crippen molar-refractivity contribution < 1.29 is 13.2 Å². The Morgan fingerprint density at radius 2 is 1.58 bits per heavy atom. The summed E-state index contributed by atoms with van der Waals surface area (Å²) in [6.45, 7) is 3.98. The number of benzene rings is 3. The van der Waals surface area contributed by atoms with Crippen LogP contribution < -0.4 is 0 Å². The molecule has 0 saturated heterocycles. The van der Waals surface area contributed by atoms with E-state index in [1.807, 2.05) is 12.1 Å². The molecule has 0 atom stereocenters. The third kappa shape index (κ3) is 5.03. The summed E-state index contributed by atoms with van der Waals surface area (Å²) in [5.74, 6) is -1.44. The molecule has 1 saturated carbocycles. The highest BCUT2D eigenvalue weighted by molar-refractivity contribution is 5.90. The van der Waals surface area contributed by atoms with E-state index < -0.39 is 17.5 Å². The number of unbranched alkanes of at least 4 members (excludes halogenated alkanes) is 2. The van der Waals surface area contributed by atoms with E-state index in [0.717, 1.165) is 5.92 Å². The largest absolute Gasteiger partial charge is 0.206 e. The summed E-state index contributed by atoms with van der Waals surface area (Å²) < 4.78 is 44.5. The maximum atomic E-state index is 15.3. The van der Waals surface area contributed by atoms with Gasteiger partial charge in [0.15, 0.2) is 11.6 Å². The molecular weight excluding hydrogens is 417 g/mol. The lowest BCUT2D eigenvalue weighted by Gasteiger charge is -2.29. The molecule has 0 N–H and O–H groups in total. The third-order valence-corrected chi connectivity index (χ3v) is 7.25. The van der Waals surface area contributed by atoms with Crippen LogP contribution >= 0.6 is 0 Å². The van der Waals surface area contributed by atoms with Gasteiger partial charge in [0.1, 0.15) is 5.82 Å². The van der Waals surface area contributed by atoms with Crippen molar-refractivity contribution in [2.45, 2.75) is 71.1 Å². The van der Waals surface area contributed by atoms with Crippen LogP contribution in [-0.2, 0) is 0 Å². The molecule has 1 aliphatic carbocycles. The van der Waals surface area contributed by atoms with E-state index in [9.17, 15) is 8.78 Å². The van der Waals surface area contributed by atoms with Crippen LogP contribution in [0.5, 0.6) is 0 Å². The molecule has 0 unspecified atom stereocenters. The highest BCUT2D eigenvalue weighted by atomic mass is 19.2. The maximum Gasteiger partial charge on any atom is 0.170 e. The molecule has 0 heterocycles. The minimum atomic E-state index is -1.13. The van der Waals surface area contributed by atoms with Gasteiger partial charge in [0.2, 0.25) is 0 Å². The lowest BCUT2D eigenvalue weighted by Crippen LogP contribution is -2.13. The van der Waals surface area contributed by atoms with Crippen molar-refractivity contribution in [3.8, 4) is 11.1 Å². The van der Waals surface area contributed by atoms with Gasteiger partial charge in [-0.1, -0.05) is 81.2 Å². The highest BCUT2D eigenvalue weighted by Gasteiger charge is 2.23. The predicted octanol–water partition coefficient (Wildman–Crippen LogP) is 9.81.